The number of amides is 1. The number of benzene rings is 2. The summed E-state index contributed by atoms with van der Waals surface area (Å²) in [4.78, 5) is 18.5. The van der Waals surface area contributed by atoms with E-state index >= 15 is 0 Å². The molecule has 1 N–H and O–H groups in total. The lowest BCUT2D eigenvalue weighted by Crippen LogP contribution is -2.29. The fourth-order valence-electron chi connectivity index (χ4n) is 2.71. The average molecular weight is 442 g/mol. The van der Waals surface area contributed by atoms with Crippen LogP contribution < -0.4 is 15.0 Å². The molecule has 0 aliphatic heterocycles. The van der Waals surface area contributed by atoms with Gasteiger partial charge in [-0.2, -0.15) is 5.26 Å². The molecule has 1 amide bonds. The highest BCUT2D eigenvalue weighted by Crippen LogP contribution is 2.34. The van der Waals surface area contributed by atoms with Gasteiger partial charge in [-0.3, -0.25) is 9.00 Å². The summed E-state index contributed by atoms with van der Waals surface area (Å²) in [6.07, 6.45) is 0. The number of anilines is 2. The second-order valence-corrected chi connectivity index (χ2v) is 7.78. The molecule has 0 bridgehead atoms. The Kier molecular flexibility index (Phi) is 7.13. The predicted octanol–water partition coefficient (Wildman–Crippen LogP) is 2.93. The minimum Gasteiger partial charge on any atom is -0.771 e. The fourth-order valence-corrected chi connectivity index (χ4v) is 3.77. The molecule has 10 heteroatoms. The van der Waals surface area contributed by atoms with Crippen LogP contribution in [-0.4, -0.2) is 32.6 Å². The van der Waals surface area contributed by atoms with Gasteiger partial charge in [0.2, 0.25) is 0 Å². The second kappa shape index (κ2) is 9.98. The highest BCUT2D eigenvalue weighted by atomic mass is 32.2. The molecular formula is C20H17N4O4S2-. The molecule has 0 radical (unpaired) electrons. The molecule has 2 aromatic carbocycles. The molecule has 154 valence electrons. The van der Waals surface area contributed by atoms with Crippen LogP contribution in [0.4, 0.5) is 10.7 Å². The molecule has 1 unspecified atom stereocenters. The minimum atomic E-state index is -2.40. The molecule has 1 atom stereocenters. The number of methoxy groups -OCH3 is 1. The van der Waals surface area contributed by atoms with Crippen LogP contribution in [0.15, 0.2) is 54.0 Å². The van der Waals surface area contributed by atoms with Crippen LogP contribution in [0.25, 0.3) is 0 Å². The first-order chi connectivity index (χ1) is 14.5. The monoisotopic (exact) mass is 441 g/mol. The van der Waals surface area contributed by atoms with E-state index in [1.807, 2.05) is 29.2 Å². The summed E-state index contributed by atoms with van der Waals surface area (Å²) in [5.74, 6) is -0.346. The molecule has 0 saturated heterocycles. The van der Waals surface area contributed by atoms with Crippen molar-refractivity contribution in [3.05, 3.63) is 70.9 Å². The lowest BCUT2D eigenvalue weighted by molar-refractivity contribution is 0.0956. The Hall–Kier alpha value is -3.26. The van der Waals surface area contributed by atoms with Crippen molar-refractivity contribution in [2.75, 3.05) is 17.9 Å². The van der Waals surface area contributed by atoms with Gasteiger partial charge in [0.05, 0.1) is 30.1 Å². The van der Waals surface area contributed by atoms with Gasteiger partial charge >= 0.3 is 0 Å². The zero-order valence-electron chi connectivity index (χ0n) is 15.9. The van der Waals surface area contributed by atoms with Gasteiger partial charge in [0.25, 0.3) is 5.91 Å². The van der Waals surface area contributed by atoms with E-state index in [4.69, 9.17) is 10.00 Å². The Bertz CT molecular complexity index is 1080. The van der Waals surface area contributed by atoms with Crippen molar-refractivity contribution < 1.29 is 18.3 Å². The topological polar surface area (TPSA) is 118 Å². The Morgan fingerprint density at radius 1 is 1.27 bits per heavy atom. The van der Waals surface area contributed by atoms with Crippen molar-refractivity contribution in [3.8, 4) is 11.8 Å². The van der Waals surface area contributed by atoms with E-state index in [9.17, 15) is 13.6 Å². The molecular weight excluding hydrogens is 424 g/mol. The lowest BCUT2D eigenvalue weighted by Gasteiger charge is -2.24. The maximum absolute atomic E-state index is 12.5. The van der Waals surface area contributed by atoms with E-state index in [-0.39, 0.29) is 5.69 Å². The van der Waals surface area contributed by atoms with Gasteiger partial charge < -0.3 is 19.5 Å². The van der Waals surface area contributed by atoms with Crippen molar-refractivity contribution in [1.29, 1.82) is 5.26 Å². The van der Waals surface area contributed by atoms with Gasteiger partial charge in [-0.1, -0.05) is 12.1 Å². The van der Waals surface area contributed by atoms with Crippen LogP contribution in [0, 0.1) is 11.3 Å². The van der Waals surface area contributed by atoms with Gasteiger partial charge in [0, 0.05) is 12.2 Å². The molecule has 1 aromatic heterocycles. The number of hydrogen-bond donors (Lipinski definition) is 1. The number of nitrogens with one attached hydrogen (secondary N) is 1. The number of nitrogens with zero attached hydrogens (tertiary/aromatic N) is 3. The number of rotatable bonds is 8. The van der Waals surface area contributed by atoms with Crippen LogP contribution in [-0.2, 0) is 17.6 Å². The molecule has 0 saturated carbocycles. The van der Waals surface area contributed by atoms with E-state index < -0.39 is 22.9 Å². The zero-order valence-corrected chi connectivity index (χ0v) is 17.5. The highest BCUT2D eigenvalue weighted by Gasteiger charge is 2.22. The van der Waals surface area contributed by atoms with Crippen molar-refractivity contribution in [3.63, 3.8) is 0 Å². The third-order valence-corrected chi connectivity index (χ3v) is 5.40. The number of thiazole rings is 1. The molecule has 1 heterocycles. The zero-order chi connectivity index (χ0) is 21.5. The van der Waals surface area contributed by atoms with Crippen LogP contribution in [0.3, 0.4) is 0 Å². The molecule has 30 heavy (non-hydrogen) atoms. The first-order valence-corrected chi connectivity index (χ1v) is 10.8. The maximum Gasteiger partial charge on any atom is 0.273 e. The van der Waals surface area contributed by atoms with Crippen LogP contribution in [0.1, 0.15) is 21.6 Å². The second-order valence-electron chi connectivity index (χ2n) is 6.05. The summed E-state index contributed by atoms with van der Waals surface area (Å²) in [7, 11) is 1.59. The Balaban J connectivity index is 1.97. The first kappa shape index (κ1) is 21.4. The quantitative estimate of drug-likeness (QED) is 0.534. The predicted molar refractivity (Wildman–Crippen MR) is 113 cm³/mol. The van der Waals surface area contributed by atoms with E-state index in [0.717, 1.165) is 17.0 Å². The fraction of sp³-hybridized carbons (Fsp3) is 0.150. The number of hydrogen-bond acceptors (Lipinski definition) is 8. The summed E-state index contributed by atoms with van der Waals surface area (Å²) in [5.41, 5.74) is 3.89. The lowest BCUT2D eigenvalue weighted by atomic mass is 10.1. The minimum absolute atomic E-state index is 0.128. The molecule has 3 aromatic rings. The summed E-state index contributed by atoms with van der Waals surface area (Å²) >= 11 is -1.14. The molecule has 8 nitrogen and oxygen atoms in total. The Labute approximate surface area is 180 Å². The number of aromatic nitrogens is 1. The van der Waals surface area contributed by atoms with Gasteiger partial charge in [-0.25, -0.2) is 4.98 Å². The third-order valence-electron chi connectivity index (χ3n) is 4.17. The van der Waals surface area contributed by atoms with Gasteiger partial charge in [-0.05, 0) is 53.0 Å². The Morgan fingerprint density at radius 2 is 1.97 bits per heavy atom. The number of carbonyl (C=O) groups is 1. The van der Waals surface area contributed by atoms with E-state index in [2.05, 4.69) is 16.4 Å². The van der Waals surface area contributed by atoms with E-state index in [0.29, 0.717) is 17.1 Å². The van der Waals surface area contributed by atoms with Crippen LogP contribution in [0.5, 0.6) is 5.75 Å². The maximum atomic E-state index is 12.5. The van der Waals surface area contributed by atoms with E-state index in [1.54, 1.807) is 31.4 Å². The average Bonchev–Trinajstić information content (AvgIpc) is 3.26. The normalized spacial score (nSPS) is 11.4. The SMILES string of the molecule is COc1ccc(CN(c2ccc(C#N)cc2)c2scnc2C(=O)NCS(=O)[O-])cc1. The number of carbonyl (C=O) groups excluding carboxylic acids is 1. The van der Waals surface area contributed by atoms with Crippen LogP contribution >= 0.6 is 11.3 Å². The van der Waals surface area contributed by atoms with Gasteiger partial charge in [-0.15, -0.1) is 11.3 Å². The highest BCUT2D eigenvalue weighted by molar-refractivity contribution is 7.79. The van der Waals surface area contributed by atoms with E-state index in [1.165, 1.54) is 16.8 Å². The van der Waals surface area contributed by atoms with Crippen molar-refractivity contribution >= 4 is 39.0 Å². The summed E-state index contributed by atoms with van der Waals surface area (Å²) in [6.45, 7) is 0.422. The molecule has 0 fully saturated rings. The largest absolute Gasteiger partial charge is 0.771 e. The van der Waals surface area contributed by atoms with Crippen molar-refractivity contribution in [2.24, 2.45) is 0 Å². The number of ether oxygens (including phenoxy) is 1. The standard InChI is InChI=1S/C20H18N4O4S2/c1-28-17-8-4-15(5-9-17)11-24(16-6-2-14(10-21)3-7-16)20-18(22-12-29-20)19(25)23-13-30(26)27/h2-9,12H,11,13H2,1H3,(H,23,25)(H,26,27)/p-1. The summed E-state index contributed by atoms with van der Waals surface area (Å²) < 4.78 is 26.8. The molecule has 3 rings (SSSR count). The van der Waals surface area contributed by atoms with Crippen molar-refractivity contribution in [1.82, 2.24) is 10.3 Å². The van der Waals surface area contributed by atoms with Crippen LogP contribution in [0.2, 0.25) is 0 Å². The van der Waals surface area contributed by atoms with Crippen molar-refractivity contribution in [2.45, 2.75) is 6.54 Å². The summed E-state index contributed by atoms with van der Waals surface area (Å²) in [6, 6.07) is 16.6. The molecule has 0 aliphatic carbocycles. The first-order valence-electron chi connectivity index (χ1n) is 8.70. The van der Waals surface area contributed by atoms with Gasteiger partial charge in [0.1, 0.15) is 10.8 Å². The smallest absolute Gasteiger partial charge is 0.273 e. The van der Waals surface area contributed by atoms with Gasteiger partial charge in [0.15, 0.2) is 5.69 Å². The summed E-state index contributed by atoms with van der Waals surface area (Å²) in [5, 5.41) is 12.0. The Morgan fingerprint density at radius 3 is 2.57 bits per heavy atom. The third kappa shape index (κ3) is 5.21. The number of nitriles is 1. The molecule has 0 aliphatic rings. The molecule has 0 spiro atoms.